The normalized spacial score (nSPS) is 9.62. The summed E-state index contributed by atoms with van der Waals surface area (Å²) in [7, 11) is 0. The van der Waals surface area contributed by atoms with Gasteiger partial charge in [-0.25, -0.2) is 0 Å². The van der Waals surface area contributed by atoms with Gasteiger partial charge in [-0.2, -0.15) is 0 Å². The third-order valence-corrected chi connectivity index (χ3v) is 0.986. The molecule has 0 aromatic rings. The summed E-state index contributed by atoms with van der Waals surface area (Å²) in [5, 5.41) is 16.3. The quantitative estimate of drug-likeness (QED) is 0.479. The molecule has 0 aliphatic heterocycles. The fourth-order valence-corrected chi connectivity index (χ4v) is 0.402. The first kappa shape index (κ1) is 23.3. The largest absolute Gasteiger partial charge is 2.00 e. The molecule has 7 nitrogen and oxygen atoms in total. The van der Waals surface area contributed by atoms with Crippen LogP contribution in [-0.4, -0.2) is 84.6 Å². The van der Waals surface area contributed by atoms with E-state index in [0.29, 0.717) is 0 Å². The number of nitrogens with two attached hydrogens (primary N) is 1. The van der Waals surface area contributed by atoms with Gasteiger partial charge in [0, 0.05) is 6.42 Å². The van der Waals surface area contributed by atoms with Crippen molar-refractivity contribution < 1.29 is 33.6 Å². The average molecular weight is 273 g/mol. The monoisotopic (exact) mass is 273 g/mol. The molecule has 0 aliphatic carbocycles. The molecule has 0 aromatic heterocycles. The first-order valence-electron chi connectivity index (χ1n) is 2.74. The Balaban J connectivity index is -0.0000000405. The van der Waals surface area contributed by atoms with E-state index < -0.39 is 18.0 Å². The summed E-state index contributed by atoms with van der Waals surface area (Å²) < 4.78 is 0. The van der Waals surface area contributed by atoms with E-state index in [-0.39, 0.29) is 72.1 Å². The number of aliphatic carboxylic acids is 2. The van der Waals surface area contributed by atoms with Crippen LogP contribution in [0.5, 0.6) is 0 Å². The zero-order chi connectivity index (χ0) is 8.15. The van der Waals surface area contributed by atoms with Gasteiger partial charge in [0.15, 0.2) is 0 Å². The number of hydrogen-bond donors (Lipinski definition) is 3. The standard InChI is InChI=1S/C5H9NO4.2H2O.Sr.2H/c6-3(5(9)10)1-2-4(7)8;;;;;/h3H,1-2,6H2,(H,7,8)(H,9,10);2*1H2;;;/q;;;+2;2*-1/t3-;;;;;/m1...../s1. The summed E-state index contributed by atoms with van der Waals surface area (Å²) >= 11 is 0. The fourth-order valence-electron chi connectivity index (χ4n) is 0.402. The summed E-state index contributed by atoms with van der Waals surface area (Å²) in [4.78, 5) is 19.9. The van der Waals surface area contributed by atoms with Crippen molar-refractivity contribution in [3.05, 3.63) is 0 Å². The molecular formula is C5H15NO6Sr. The van der Waals surface area contributed by atoms with E-state index in [1.807, 2.05) is 0 Å². The van der Waals surface area contributed by atoms with Crippen LogP contribution in [0.3, 0.4) is 0 Å². The minimum absolute atomic E-state index is 0. The number of hydrogen-bond acceptors (Lipinski definition) is 3. The fraction of sp³-hybridized carbons (Fsp3) is 0.600. The third-order valence-electron chi connectivity index (χ3n) is 0.986. The number of carboxylic acid groups (broad SMARTS) is 2. The Kier molecular flexibility index (Phi) is 22.0. The van der Waals surface area contributed by atoms with Crippen LogP contribution in [0.4, 0.5) is 0 Å². The van der Waals surface area contributed by atoms with Gasteiger partial charge in [-0.1, -0.05) is 0 Å². The van der Waals surface area contributed by atoms with E-state index in [0.717, 1.165) is 0 Å². The molecule has 0 amide bonds. The molecule has 0 bridgehead atoms. The Morgan fingerprint density at radius 3 is 1.92 bits per heavy atom. The number of rotatable bonds is 4. The molecule has 0 rings (SSSR count). The zero-order valence-electron chi connectivity index (χ0n) is 8.99. The van der Waals surface area contributed by atoms with E-state index in [9.17, 15) is 9.59 Å². The smallest absolute Gasteiger partial charge is 1.00 e. The van der Waals surface area contributed by atoms with Gasteiger partial charge in [0.1, 0.15) is 6.04 Å². The van der Waals surface area contributed by atoms with Gasteiger partial charge in [-0.3, -0.25) is 9.59 Å². The molecule has 8 heteroatoms. The minimum Gasteiger partial charge on any atom is -1.00 e. The van der Waals surface area contributed by atoms with Gasteiger partial charge in [0.2, 0.25) is 0 Å². The summed E-state index contributed by atoms with van der Waals surface area (Å²) in [6, 6.07) is -1.06. The van der Waals surface area contributed by atoms with Gasteiger partial charge >= 0.3 is 57.4 Å². The summed E-state index contributed by atoms with van der Waals surface area (Å²) in [5.74, 6) is -2.20. The maximum atomic E-state index is 9.99. The second kappa shape index (κ2) is 12.3. The van der Waals surface area contributed by atoms with Gasteiger partial charge in [-0.15, -0.1) is 0 Å². The van der Waals surface area contributed by atoms with Crippen molar-refractivity contribution in [2.24, 2.45) is 5.73 Å². The summed E-state index contributed by atoms with van der Waals surface area (Å²) in [6.45, 7) is 0. The summed E-state index contributed by atoms with van der Waals surface area (Å²) in [6.07, 6.45) is -0.224. The zero-order valence-corrected chi connectivity index (χ0v) is 10.5. The Hall–Kier alpha value is 0.301. The van der Waals surface area contributed by atoms with E-state index >= 15 is 0 Å². The molecular weight excluding hydrogens is 258 g/mol. The van der Waals surface area contributed by atoms with Crippen LogP contribution in [-0.2, 0) is 9.59 Å². The van der Waals surface area contributed by atoms with E-state index in [2.05, 4.69) is 0 Å². The van der Waals surface area contributed by atoms with Crippen LogP contribution in [0.15, 0.2) is 0 Å². The van der Waals surface area contributed by atoms with Gasteiger partial charge in [-0.05, 0) is 6.42 Å². The molecule has 13 heavy (non-hydrogen) atoms. The molecule has 0 unspecified atom stereocenters. The van der Waals surface area contributed by atoms with E-state index in [1.54, 1.807) is 0 Å². The third kappa shape index (κ3) is 15.1. The van der Waals surface area contributed by atoms with Gasteiger partial charge in [0.05, 0.1) is 0 Å². The van der Waals surface area contributed by atoms with Crippen molar-refractivity contribution in [2.45, 2.75) is 18.9 Å². The van der Waals surface area contributed by atoms with Crippen LogP contribution < -0.4 is 5.73 Å². The van der Waals surface area contributed by atoms with Gasteiger partial charge < -0.3 is 29.8 Å². The molecule has 8 N–H and O–H groups in total. The van der Waals surface area contributed by atoms with E-state index in [4.69, 9.17) is 15.9 Å². The summed E-state index contributed by atoms with van der Waals surface area (Å²) in [5.41, 5.74) is 5.00. The van der Waals surface area contributed by atoms with Crippen molar-refractivity contribution >= 4 is 57.4 Å². The Morgan fingerprint density at radius 1 is 1.31 bits per heavy atom. The molecule has 0 aliphatic rings. The van der Waals surface area contributed by atoms with Crippen molar-refractivity contribution in [2.75, 3.05) is 0 Å². The molecule has 0 saturated carbocycles. The second-order valence-corrected chi connectivity index (χ2v) is 1.88. The van der Waals surface area contributed by atoms with Crippen LogP contribution in [0.25, 0.3) is 0 Å². The first-order valence-corrected chi connectivity index (χ1v) is 2.74. The predicted octanol–water partition coefficient (Wildman–Crippen LogP) is -2.54. The maximum Gasteiger partial charge on any atom is 2.00 e. The Labute approximate surface area is 115 Å². The molecule has 0 radical (unpaired) electrons. The van der Waals surface area contributed by atoms with Crippen molar-refractivity contribution in [3.8, 4) is 0 Å². The molecule has 1 atom stereocenters. The average Bonchev–Trinajstić information content (AvgIpc) is 1.82. The van der Waals surface area contributed by atoms with Crippen molar-refractivity contribution in [1.29, 1.82) is 0 Å². The van der Waals surface area contributed by atoms with Crippen molar-refractivity contribution in [3.63, 3.8) is 0 Å². The van der Waals surface area contributed by atoms with Gasteiger partial charge in [0.25, 0.3) is 0 Å². The number of carbonyl (C=O) groups is 2. The molecule has 0 heterocycles. The molecule has 0 saturated heterocycles. The van der Waals surface area contributed by atoms with Crippen LogP contribution in [0.2, 0.25) is 0 Å². The van der Waals surface area contributed by atoms with Crippen LogP contribution in [0, 0.1) is 0 Å². The maximum absolute atomic E-state index is 9.99. The second-order valence-electron chi connectivity index (χ2n) is 1.88. The van der Waals surface area contributed by atoms with E-state index in [1.165, 1.54) is 0 Å². The molecule has 0 aromatic carbocycles. The predicted molar refractivity (Wildman–Crippen MR) is 47.7 cm³/mol. The van der Waals surface area contributed by atoms with Crippen LogP contribution >= 0.6 is 0 Å². The topological polar surface area (TPSA) is 164 Å². The molecule has 0 spiro atoms. The SMILES string of the molecule is N[C@H](CCC(=O)O)C(=O)O.O.O.[H-].[H-].[Sr+2]. The Morgan fingerprint density at radius 2 is 1.69 bits per heavy atom. The molecule has 78 valence electrons. The van der Waals surface area contributed by atoms with Crippen molar-refractivity contribution in [1.82, 2.24) is 0 Å². The van der Waals surface area contributed by atoms with Crippen LogP contribution in [0.1, 0.15) is 15.7 Å². The molecule has 0 fully saturated rings. The Bertz CT molecular complexity index is 160. The number of carboxylic acids is 2. The first-order chi connectivity index (χ1) is 4.54. The minimum atomic E-state index is -1.17.